The van der Waals surface area contributed by atoms with Crippen LogP contribution >= 0.6 is 0 Å². The van der Waals surface area contributed by atoms with Crippen LogP contribution in [0.5, 0.6) is 5.75 Å². The Balaban J connectivity index is 2.09. The second kappa shape index (κ2) is 8.74. The number of esters is 2. The molecule has 0 aliphatic rings. The Hall–Kier alpha value is -2.30. The van der Waals surface area contributed by atoms with E-state index < -0.39 is 18.5 Å². The summed E-state index contributed by atoms with van der Waals surface area (Å²) < 4.78 is 14.8. The highest BCUT2D eigenvalue weighted by Crippen LogP contribution is 2.07. The maximum atomic E-state index is 11.2. The third-order valence-corrected chi connectivity index (χ3v) is 1.99. The Morgan fingerprint density at radius 2 is 1.84 bits per heavy atom. The van der Waals surface area contributed by atoms with Crippen LogP contribution in [0, 0.1) is 0 Å². The van der Waals surface area contributed by atoms with E-state index >= 15 is 0 Å². The van der Waals surface area contributed by atoms with Crippen molar-refractivity contribution >= 4 is 11.9 Å². The van der Waals surface area contributed by atoms with Gasteiger partial charge in [0.2, 0.25) is 0 Å². The molecule has 1 aromatic rings. The van der Waals surface area contributed by atoms with Crippen LogP contribution in [0.2, 0.25) is 0 Å². The number of allylic oxidation sites excluding steroid dienone is 1. The van der Waals surface area contributed by atoms with Crippen molar-refractivity contribution in [2.75, 3.05) is 19.8 Å². The SMILES string of the molecule is C/C=C\C(=O)OCC(=O)OCCOc1ccccc1. The lowest BCUT2D eigenvalue weighted by Gasteiger charge is -2.07. The molecule has 0 aliphatic carbocycles. The van der Waals surface area contributed by atoms with Crippen LogP contribution < -0.4 is 4.74 Å². The first kappa shape index (κ1) is 14.8. The number of benzene rings is 1. The Morgan fingerprint density at radius 3 is 2.53 bits per heavy atom. The lowest BCUT2D eigenvalue weighted by atomic mass is 10.3. The van der Waals surface area contributed by atoms with Crippen molar-refractivity contribution in [2.24, 2.45) is 0 Å². The zero-order chi connectivity index (χ0) is 13.9. The minimum Gasteiger partial charge on any atom is -0.490 e. The molecule has 1 aromatic carbocycles. The fraction of sp³-hybridized carbons (Fsp3) is 0.286. The third-order valence-electron chi connectivity index (χ3n) is 1.99. The molecule has 0 heterocycles. The van der Waals surface area contributed by atoms with E-state index in [0.717, 1.165) is 0 Å². The molecule has 0 amide bonds. The minimum atomic E-state index is -0.602. The third kappa shape index (κ3) is 6.88. The molecule has 0 aliphatic heterocycles. The quantitative estimate of drug-likeness (QED) is 0.426. The first-order valence-electron chi connectivity index (χ1n) is 5.85. The van der Waals surface area contributed by atoms with Gasteiger partial charge < -0.3 is 14.2 Å². The van der Waals surface area contributed by atoms with Gasteiger partial charge in [0, 0.05) is 6.08 Å². The molecule has 0 saturated carbocycles. The molecule has 0 spiro atoms. The van der Waals surface area contributed by atoms with Gasteiger partial charge in [-0.15, -0.1) is 0 Å². The molecule has 0 aromatic heterocycles. The Morgan fingerprint density at radius 1 is 1.11 bits per heavy atom. The van der Waals surface area contributed by atoms with Gasteiger partial charge in [-0.3, -0.25) is 0 Å². The second-order valence-corrected chi connectivity index (χ2v) is 3.49. The molecule has 19 heavy (non-hydrogen) atoms. The monoisotopic (exact) mass is 264 g/mol. The molecule has 102 valence electrons. The van der Waals surface area contributed by atoms with Crippen molar-refractivity contribution < 1.29 is 23.8 Å². The number of ether oxygens (including phenoxy) is 3. The summed E-state index contributed by atoms with van der Waals surface area (Å²) in [6, 6.07) is 9.19. The van der Waals surface area contributed by atoms with Crippen LogP contribution in [0.15, 0.2) is 42.5 Å². The largest absolute Gasteiger partial charge is 0.490 e. The van der Waals surface area contributed by atoms with Gasteiger partial charge in [0.05, 0.1) is 0 Å². The maximum Gasteiger partial charge on any atom is 0.344 e. The van der Waals surface area contributed by atoms with Gasteiger partial charge in [0.15, 0.2) is 6.61 Å². The summed E-state index contributed by atoms with van der Waals surface area (Å²) in [6.07, 6.45) is 2.76. The summed E-state index contributed by atoms with van der Waals surface area (Å²) in [7, 11) is 0. The van der Waals surface area contributed by atoms with E-state index in [1.165, 1.54) is 12.2 Å². The predicted molar refractivity (Wildman–Crippen MR) is 68.7 cm³/mol. The zero-order valence-corrected chi connectivity index (χ0v) is 10.7. The van der Waals surface area contributed by atoms with E-state index in [1.54, 1.807) is 19.1 Å². The Kier molecular flexibility index (Phi) is 6.79. The second-order valence-electron chi connectivity index (χ2n) is 3.49. The molecular formula is C14H16O5. The van der Waals surface area contributed by atoms with Crippen LogP contribution in [0.3, 0.4) is 0 Å². The van der Waals surface area contributed by atoms with Gasteiger partial charge in [0.1, 0.15) is 19.0 Å². The van der Waals surface area contributed by atoms with E-state index in [9.17, 15) is 9.59 Å². The summed E-state index contributed by atoms with van der Waals surface area (Å²) in [6.45, 7) is 1.64. The van der Waals surface area contributed by atoms with E-state index in [0.29, 0.717) is 5.75 Å². The van der Waals surface area contributed by atoms with Gasteiger partial charge in [-0.25, -0.2) is 9.59 Å². The molecule has 0 N–H and O–H groups in total. The van der Waals surface area contributed by atoms with Gasteiger partial charge in [0.25, 0.3) is 0 Å². The average molecular weight is 264 g/mol. The average Bonchev–Trinajstić information content (AvgIpc) is 2.43. The highest BCUT2D eigenvalue weighted by atomic mass is 16.6. The van der Waals surface area contributed by atoms with Gasteiger partial charge in [-0.05, 0) is 19.1 Å². The lowest BCUT2D eigenvalue weighted by molar-refractivity contribution is -0.156. The molecule has 0 unspecified atom stereocenters. The van der Waals surface area contributed by atoms with Crippen molar-refractivity contribution in [1.29, 1.82) is 0 Å². The number of hydrogen-bond donors (Lipinski definition) is 0. The summed E-state index contributed by atoms with van der Waals surface area (Å²) in [5, 5.41) is 0. The fourth-order valence-electron chi connectivity index (χ4n) is 1.19. The van der Waals surface area contributed by atoms with E-state index in [-0.39, 0.29) is 13.2 Å². The maximum absolute atomic E-state index is 11.2. The first-order valence-corrected chi connectivity index (χ1v) is 5.85. The predicted octanol–water partition coefficient (Wildman–Crippen LogP) is 1.73. The first-order chi connectivity index (χ1) is 9.22. The van der Waals surface area contributed by atoms with Gasteiger partial charge in [-0.2, -0.15) is 0 Å². The summed E-state index contributed by atoms with van der Waals surface area (Å²) in [4.78, 5) is 22.1. The smallest absolute Gasteiger partial charge is 0.344 e. The van der Waals surface area contributed by atoms with Crippen LogP contribution in [0.1, 0.15) is 6.92 Å². The normalized spacial score (nSPS) is 10.2. The number of para-hydroxylation sites is 1. The minimum absolute atomic E-state index is 0.106. The van der Waals surface area contributed by atoms with Crippen molar-refractivity contribution in [3.63, 3.8) is 0 Å². The topological polar surface area (TPSA) is 61.8 Å². The highest BCUT2D eigenvalue weighted by Gasteiger charge is 2.05. The molecule has 1 rings (SSSR count). The highest BCUT2D eigenvalue weighted by molar-refractivity contribution is 5.84. The van der Waals surface area contributed by atoms with Crippen molar-refractivity contribution in [1.82, 2.24) is 0 Å². The molecule has 5 nitrogen and oxygen atoms in total. The summed E-state index contributed by atoms with van der Waals surface area (Å²) in [5.41, 5.74) is 0. The van der Waals surface area contributed by atoms with Gasteiger partial charge in [-0.1, -0.05) is 24.3 Å². The molecule has 0 saturated heterocycles. The van der Waals surface area contributed by atoms with Gasteiger partial charge >= 0.3 is 11.9 Å². The van der Waals surface area contributed by atoms with Crippen molar-refractivity contribution in [3.05, 3.63) is 42.5 Å². The van der Waals surface area contributed by atoms with Crippen LogP contribution in [-0.2, 0) is 19.1 Å². The lowest BCUT2D eigenvalue weighted by Crippen LogP contribution is -2.18. The molecule has 0 bridgehead atoms. The number of carbonyl (C=O) groups excluding carboxylic acids is 2. The standard InChI is InChI=1S/C14H16O5/c1-2-6-13(15)19-11-14(16)18-10-9-17-12-7-4-3-5-8-12/h2-8H,9-11H2,1H3/b6-2-. The molecule has 5 heteroatoms. The zero-order valence-electron chi connectivity index (χ0n) is 10.7. The summed E-state index contributed by atoms with van der Waals surface area (Å²) in [5.74, 6) is -0.465. The van der Waals surface area contributed by atoms with E-state index in [1.807, 2.05) is 18.2 Å². The van der Waals surface area contributed by atoms with Crippen molar-refractivity contribution in [2.45, 2.75) is 6.92 Å². The molecule has 0 radical (unpaired) electrons. The summed E-state index contributed by atoms with van der Waals surface area (Å²) >= 11 is 0. The number of hydrogen-bond acceptors (Lipinski definition) is 5. The molecule has 0 fully saturated rings. The van der Waals surface area contributed by atoms with Crippen LogP contribution in [0.25, 0.3) is 0 Å². The van der Waals surface area contributed by atoms with Crippen LogP contribution in [-0.4, -0.2) is 31.8 Å². The molecular weight excluding hydrogens is 248 g/mol. The van der Waals surface area contributed by atoms with Crippen LogP contribution in [0.4, 0.5) is 0 Å². The Labute approximate surface area is 111 Å². The number of carbonyl (C=O) groups is 2. The van der Waals surface area contributed by atoms with Crippen molar-refractivity contribution in [3.8, 4) is 5.75 Å². The number of rotatable bonds is 7. The molecule has 0 atom stereocenters. The fourth-order valence-corrected chi connectivity index (χ4v) is 1.19. The van der Waals surface area contributed by atoms with E-state index in [4.69, 9.17) is 9.47 Å². The van der Waals surface area contributed by atoms with E-state index in [2.05, 4.69) is 4.74 Å². The Bertz CT molecular complexity index is 425.